The van der Waals surface area contributed by atoms with E-state index in [-0.39, 0.29) is 24.2 Å². The number of hydrogen-bond donors (Lipinski definition) is 2. The molecule has 0 bridgehead atoms. The quantitative estimate of drug-likeness (QED) is 0.790. The molecule has 110 valence electrons. The average molecular weight is 271 g/mol. The molecule has 1 unspecified atom stereocenters. The number of amides is 3. The van der Waals surface area contributed by atoms with Crippen LogP contribution in [0.2, 0.25) is 0 Å². The van der Waals surface area contributed by atoms with Crippen LogP contribution in [-0.4, -0.2) is 54.7 Å². The molecule has 0 aromatic heterocycles. The predicted molar refractivity (Wildman–Crippen MR) is 72.9 cm³/mol. The third kappa shape index (κ3) is 6.02. The Bertz CT molecular complexity index is 331. The van der Waals surface area contributed by atoms with E-state index in [2.05, 4.69) is 10.6 Å². The highest BCUT2D eigenvalue weighted by Gasteiger charge is 2.32. The lowest BCUT2D eigenvalue weighted by Gasteiger charge is -2.41. The fourth-order valence-corrected chi connectivity index (χ4v) is 2.36. The summed E-state index contributed by atoms with van der Waals surface area (Å²) < 4.78 is 5.77. The number of hydrogen-bond acceptors (Lipinski definition) is 4. The summed E-state index contributed by atoms with van der Waals surface area (Å²) in [4.78, 5) is 25.1. The molecule has 0 saturated carbocycles. The Morgan fingerprint density at radius 3 is 2.68 bits per heavy atom. The molecule has 3 amide bonds. The van der Waals surface area contributed by atoms with E-state index < -0.39 is 6.03 Å². The zero-order valence-electron chi connectivity index (χ0n) is 12.3. The summed E-state index contributed by atoms with van der Waals surface area (Å²) in [5.41, 5.74) is -0.261. The first-order valence-electron chi connectivity index (χ1n) is 6.80. The van der Waals surface area contributed by atoms with Gasteiger partial charge in [0, 0.05) is 19.6 Å². The Balaban J connectivity index is 2.37. The molecule has 1 aliphatic rings. The highest BCUT2D eigenvalue weighted by molar-refractivity contribution is 5.95. The van der Waals surface area contributed by atoms with Crippen molar-refractivity contribution in [3.8, 4) is 0 Å². The Kier molecular flexibility index (Phi) is 5.75. The van der Waals surface area contributed by atoms with E-state index in [0.29, 0.717) is 19.6 Å². The molecule has 6 nitrogen and oxygen atoms in total. The van der Waals surface area contributed by atoms with Crippen LogP contribution in [0.25, 0.3) is 0 Å². The van der Waals surface area contributed by atoms with Gasteiger partial charge in [-0.15, -0.1) is 0 Å². The van der Waals surface area contributed by atoms with E-state index in [1.807, 2.05) is 32.6 Å². The average Bonchev–Trinajstić information content (AvgIpc) is 2.22. The monoisotopic (exact) mass is 271 g/mol. The number of urea groups is 1. The lowest BCUT2D eigenvalue weighted by atomic mass is 10.1. The third-order valence-corrected chi connectivity index (χ3v) is 2.80. The van der Waals surface area contributed by atoms with Gasteiger partial charge in [-0.2, -0.15) is 0 Å². The second-order valence-corrected chi connectivity index (χ2v) is 5.66. The van der Waals surface area contributed by atoms with Crippen molar-refractivity contribution in [2.75, 3.05) is 26.2 Å². The van der Waals surface area contributed by atoms with Gasteiger partial charge in [-0.1, -0.05) is 6.92 Å². The van der Waals surface area contributed by atoms with E-state index in [1.54, 1.807) is 0 Å². The molecule has 1 aliphatic heterocycles. The van der Waals surface area contributed by atoms with E-state index in [4.69, 9.17) is 4.74 Å². The molecule has 1 saturated heterocycles. The van der Waals surface area contributed by atoms with E-state index >= 15 is 0 Å². The molecule has 2 N–H and O–H groups in total. The molecular weight excluding hydrogens is 246 g/mol. The molecule has 0 aliphatic carbocycles. The molecule has 0 aromatic carbocycles. The van der Waals surface area contributed by atoms with Crippen LogP contribution in [-0.2, 0) is 9.53 Å². The molecule has 19 heavy (non-hydrogen) atoms. The van der Waals surface area contributed by atoms with Gasteiger partial charge < -0.3 is 10.1 Å². The van der Waals surface area contributed by atoms with Gasteiger partial charge in [0.05, 0.1) is 18.2 Å². The summed E-state index contributed by atoms with van der Waals surface area (Å²) >= 11 is 0. The zero-order chi connectivity index (χ0) is 14.5. The molecule has 0 aromatic rings. The SMILES string of the molecule is CCCNC(=O)NC(=O)CN1CC(C)OC(C)(C)C1. The maximum absolute atomic E-state index is 11.7. The fourth-order valence-electron chi connectivity index (χ4n) is 2.36. The number of rotatable bonds is 4. The van der Waals surface area contributed by atoms with Crippen molar-refractivity contribution in [3.63, 3.8) is 0 Å². The minimum Gasteiger partial charge on any atom is -0.370 e. The standard InChI is InChI=1S/C13H25N3O3/c1-5-6-14-12(18)15-11(17)8-16-7-10(2)19-13(3,4)9-16/h10H,5-9H2,1-4H3,(H2,14,15,17,18). The predicted octanol–water partition coefficient (Wildman–Crippen LogP) is 0.722. The van der Waals surface area contributed by atoms with Crippen molar-refractivity contribution in [1.29, 1.82) is 0 Å². The molecule has 0 radical (unpaired) electrons. The molecule has 0 spiro atoms. The minimum atomic E-state index is -0.424. The topological polar surface area (TPSA) is 70.7 Å². The first-order chi connectivity index (χ1) is 8.82. The first-order valence-corrected chi connectivity index (χ1v) is 6.80. The number of carbonyl (C=O) groups is 2. The number of nitrogens with zero attached hydrogens (tertiary/aromatic N) is 1. The van der Waals surface area contributed by atoms with Crippen LogP contribution in [0, 0.1) is 0 Å². The lowest BCUT2D eigenvalue weighted by molar-refractivity contribution is -0.138. The molecule has 1 atom stereocenters. The van der Waals surface area contributed by atoms with Gasteiger partial charge in [-0.05, 0) is 27.2 Å². The van der Waals surface area contributed by atoms with Crippen molar-refractivity contribution in [3.05, 3.63) is 0 Å². The van der Waals surface area contributed by atoms with Gasteiger partial charge in [-0.25, -0.2) is 4.79 Å². The van der Waals surface area contributed by atoms with Gasteiger partial charge in [0.2, 0.25) is 5.91 Å². The first kappa shape index (κ1) is 15.9. The number of ether oxygens (including phenoxy) is 1. The largest absolute Gasteiger partial charge is 0.370 e. The summed E-state index contributed by atoms with van der Waals surface area (Å²) in [6, 6.07) is -0.424. The van der Waals surface area contributed by atoms with Crippen molar-refractivity contribution >= 4 is 11.9 Å². The Labute approximate surface area is 114 Å². The highest BCUT2D eigenvalue weighted by atomic mass is 16.5. The van der Waals surface area contributed by atoms with E-state index in [1.165, 1.54) is 0 Å². The molecule has 1 rings (SSSR count). The zero-order valence-corrected chi connectivity index (χ0v) is 12.3. The van der Waals surface area contributed by atoms with Gasteiger partial charge in [0.25, 0.3) is 0 Å². The van der Waals surface area contributed by atoms with Gasteiger partial charge >= 0.3 is 6.03 Å². The summed E-state index contributed by atoms with van der Waals surface area (Å²) in [5.74, 6) is -0.279. The van der Waals surface area contributed by atoms with Crippen LogP contribution >= 0.6 is 0 Å². The summed E-state index contributed by atoms with van der Waals surface area (Å²) in [6.07, 6.45) is 0.932. The number of morpholine rings is 1. The number of nitrogens with one attached hydrogen (secondary N) is 2. The summed E-state index contributed by atoms with van der Waals surface area (Å²) in [6.45, 7) is 10.1. The van der Waals surface area contributed by atoms with Crippen LogP contribution in [0.4, 0.5) is 4.79 Å². The summed E-state index contributed by atoms with van der Waals surface area (Å²) in [7, 11) is 0. The van der Waals surface area contributed by atoms with Crippen molar-refractivity contribution in [2.24, 2.45) is 0 Å². The van der Waals surface area contributed by atoms with Crippen LogP contribution in [0.1, 0.15) is 34.1 Å². The van der Waals surface area contributed by atoms with E-state index in [9.17, 15) is 9.59 Å². The molecule has 6 heteroatoms. The number of imide groups is 1. The second-order valence-electron chi connectivity index (χ2n) is 5.66. The van der Waals surface area contributed by atoms with Gasteiger partial charge in [0.1, 0.15) is 0 Å². The Morgan fingerprint density at radius 2 is 2.11 bits per heavy atom. The van der Waals surface area contributed by atoms with Crippen LogP contribution in [0.5, 0.6) is 0 Å². The minimum absolute atomic E-state index is 0.0884. The van der Waals surface area contributed by atoms with Crippen LogP contribution < -0.4 is 10.6 Å². The molecular formula is C13H25N3O3. The highest BCUT2D eigenvalue weighted by Crippen LogP contribution is 2.20. The Morgan fingerprint density at radius 1 is 1.42 bits per heavy atom. The Hall–Kier alpha value is -1.14. The number of carbonyl (C=O) groups excluding carboxylic acids is 2. The smallest absolute Gasteiger partial charge is 0.321 e. The van der Waals surface area contributed by atoms with Crippen LogP contribution in [0.3, 0.4) is 0 Å². The second kappa shape index (κ2) is 6.86. The molecule has 1 heterocycles. The van der Waals surface area contributed by atoms with Crippen molar-refractivity contribution < 1.29 is 14.3 Å². The van der Waals surface area contributed by atoms with Crippen molar-refractivity contribution in [1.82, 2.24) is 15.5 Å². The van der Waals surface area contributed by atoms with E-state index in [0.717, 1.165) is 6.42 Å². The maximum Gasteiger partial charge on any atom is 0.321 e. The normalized spacial score (nSPS) is 22.8. The van der Waals surface area contributed by atoms with Gasteiger partial charge in [-0.3, -0.25) is 15.0 Å². The maximum atomic E-state index is 11.7. The van der Waals surface area contributed by atoms with Crippen LogP contribution in [0.15, 0.2) is 0 Å². The lowest BCUT2D eigenvalue weighted by Crippen LogP contribution is -2.55. The molecule has 1 fully saturated rings. The van der Waals surface area contributed by atoms with Crippen molar-refractivity contribution in [2.45, 2.75) is 45.8 Å². The summed E-state index contributed by atoms with van der Waals surface area (Å²) in [5, 5.41) is 4.94. The fraction of sp³-hybridized carbons (Fsp3) is 0.846. The third-order valence-electron chi connectivity index (χ3n) is 2.80. The van der Waals surface area contributed by atoms with Gasteiger partial charge in [0.15, 0.2) is 0 Å².